The minimum absolute atomic E-state index is 0. The van der Waals surface area contributed by atoms with E-state index in [9.17, 15) is 50.4 Å². The van der Waals surface area contributed by atoms with Crippen molar-refractivity contribution in [1.82, 2.24) is 0 Å². The zero-order valence-electron chi connectivity index (χ0n) is 16.8. The standard InChI is InChI=1S/C16H26O16.H2Se/c17-1-4-7(20)12(24)16(3-18,31-4)32-15-9(22)8(21)6(19)5(30-15)2-29-11(14(27)28)10(23)13(25)26;/h4-12,15,17-24H,1-3H2,(H,25,26)(H,27,28);1H2/t4-,5-,6-,7-,8+,9-,10?,11?,12+,15-,16+;/m1./s1. The van der Waals surface area contributed by atoms with Gasteiger partial charge in [-0.2, -0.15) is 0 Å². The van der Waals surface area contributed by atoms with Crippen molar-refractivity contribution < 1.29 is 79.6 Å². The summed E-state index contributed by atoms with van der Waals surface area (Å²) in [5.41, 5.74) is 0. The first-order valence-electron chi connectivity index (χ1n) is 9.28. The Kier molecular flexibility index (Phi) is 11.0. The Balaban J connectivity index is 0.00000544. The Morgan fingerprint density at radius 1 is 0.909 bits per heavy atom. The Labute approximate surface area is 196 Å². The van der Waals surface area contributed by atoms with Gasteiger partial charge in [0.1, 0.15) is 49.3 Å². The average molecular weight is 555 g/mol. The number of carboxylic acid groups (broad SMARTS) is 2. The van der Waals surface area contributed by atoms with Crippen LogP contribution in [0.25, 0.3) is 0 Å². The third-order valence-corrected chi connectivity index (χ3v) is 5.11. The molecule has 0 aromatic heterocycles. The maximum atomic E-state index is 11.1. The van der Waals surface area contributed by atoms with Gasteiger partial charge in [0.05, 0.1) is 13.2 Å². The van der Waals surface area contributed by atoms with Gasteiger partial charge in [0, 0.05) is 0 Å². The average Bonchev–Trinajstić information content (AvgIpc) is 2.99. The molecule has 0 aromatic rings. The number of ether oxygens (including phenoxy) is 4. The van der Waals surface area contributed by atoms with Crippen LogP contribution in [0, 0.1) is 0 Å². The molecule has 0 bridgehead atoms. The van der Waals surface area contributed by atoms with Crippen molar-refractivity contribution in [1.29, 1.82) is 0 Å². The quantitative estimate of drug-likeness (QED) is 0.112. The fourth-order valence-electron chi connectivity index (χ4n) is 3.24. The molecule has 0 saturated carbocycles. The Hall–Kier alpha value is -1.02. The summed E-state index contributed by atoms with van der Waals surface area (Å²) in [5.74, 6) is -6.19. The van der Waals surface area contributed by atoms with E-state index >= 15 is 0 Å². The van der Waals surface area contributed by atoms with Gasteiger partial charge in [0.2, 0.25) is 5.79 Å². The van der Waals surface area contributed by atoms with E-state index in [-0.39, 0.29) is 17.1 Å². The van der Waals surface area contributed by atoms with Crippen molar-refractivity contribution in [2.75, 3.05) is 19.8 Å². The molecule has 0 spiro atoms. The fraction of sp³-hybridized carbons (Fsp3) is 0.875. The van der Waals surface area contributed by atoms with Crippen molar-refractivity contribution in [3.8, 4) is 0 Å². The molecule has 2 unspecified atom stereocenters. The zero-order chi connectivity index (χ0) is 24.4. The Bertz CT molecular complexity index is 666. The molecule has 0 aromatic carbocycles. The molecule has 2 aliphatic rings. The predicted molar refractivity (Wildman–Crippen MR) is 101 cm³/mol. The molecule has 2 saturated heterocycles. The van der Waals surface area contributed by atoms with Crippen LogP contribution in [0.4, 0.5) is 0 Å². The SMILES string of the molecule is O=C(O)C(O)C(OC[C@H]1O[C@H](O[C@]2(CO)O[C@H](CO)[C@@H](O)[C@@H]2O)[C@H](O)[C@@H](O)[C@@H]1O)C(=O)O.[SeH2]. The zero-order valence-corrected chi connectivity index (χ0v) is 18.9. The van der Waals surface area contributed by atoms with E-state index in [2.05, 4.69) is 0 Å². The third-order valence-electron chi connectivity index (χ3n) is 5.11. The number of aliphatic hydroxyl groups excluding tert-OH is 8. The van der Waals surface area contributed by atoms with Crippen LogP contribution in [0.2, 0.25) is 0 Å². The van der Waals surface area contributed by atoms with E-state index in [1.54, 1.807) is 0 Å². The summed E-state index contributed by atoms with van der Waals surface area (Å²) in [6.45, 7) is -2.80. The van der Waals surface area contributed by atoms with E-state index in [0.29, 0.717) is 0 Å². The number of rotatable bonds is 10. The molecule has 2 heterocycles. The second-order valence-electron chi connectivity index (χ2n) is 7.25. The van der Waals surface area contributed by atoms with Gasteiger partial charge in [-0.25, -0.2) is 9.59 Å². The first-order valence-corrected chi connectivity index (χ1v) is 9.28. The fourth-order valence-corrected chi connectivity index (χ4v) is 3.24. The molecule has 11 atom stereocenters. The summed E-state index contributed by atoms with van der Waals surface area (Å²) in [6.07, 6.45) is -19.3. The number of carbonyl (C=O) groups is 2. The number of carboxylic acids is 2. The molecule has 16 nitrogen and oxygen atoms in total. The number of aliphatic hydroxyl groups is 8. The van der Waals surface area contributed by atoms with Crippen molar-refractivity contribution in [3.63, 3.8) is 0 Å². The van der Waals surface area contributed by atoms with Gasteiger partial charge >= 0.3 is 29.0 Å². The van der Waals surface area contributed by atoms with Crippen molar-refractivity contribution >= 4 is 29.0 Å². The summed E-state index contributed by atoms with van der Waals surface area (Å²) < 4.78 is 20.4. The van der Waals surface area contributed by atoms with E-state index in [1.165, 1.54) is 0 Å². The number of aliphatic carboxylic acids is 2. The van der Waals surface area contributed by atoms with Crippen LogP contribution in [-0.2, 0) is 28.5 Å². The van der Waals surface area contributed by atoms with Gasteiger partial charge in [-0.1, -0.05) is 0 Å². The Morgan fingerprint density at radius 3 is 1.97 bits per heavy atom. The Morgan fingerprint density at radius 2 is 1.52 bits per heavy atom. The molecule has 10 N–H and O–H groups in total. The first-order chi connectivity index (χ1) is 14.9. The molecular weight excluding hydrogens is 527 g/mol. The van der Waals surface area contributed by atoms with Crippen LogP contribution in [0.5, 0.6) is 0 Å². The van der Waals surface area contributed by atoms with Gasteiger partial charge in [0.15, 0.2) is 18.5 Å². The van der Waals surface area contributed by atoms with Crippen LogP contribution in [-0.4, -0.2) is 167 Å². The van der Waals surface area contributed by atoms with Gasteiger partial charge < -0.3 is 70.0 Å². The van der Waals surface area contributed by atoms with E-state index < -0.39 is 98.8 Å². The second-order valence-corrected chi connectivity index (χ2v) is 7.25. The van der Waals surface area contributed by atoms with Crippen LogP contribution in [0.3, 0.4) is 0 Å². The molecule has 0 amide bonds. The molecular formula is C16H28O16Se. The number of hydrogen-bond donors (Lipinski definition) is 10. The first kappa shape index (κ1) is 30.0. The third kappa shape index (κ3) is 6.16. The van der Waals surface area contributed by atoms with Crippen molar-refractivity contribution in [2.45, 2.75) is 67.0 Å². The summed E-state index contributed by atoms with van der Waals surface area (Å²) in [5, 5.41) is 96.4. The van der Waals surface area contributed by atoms with Gasteiger partial charge in [-0.15, -0.1) is 0 Å². The normalized spacial score (nSPS) is 40.6. The summed E-state index contributed by atoms with van der Waals surface area (Å²) >= 11 is 0. The summed E-state index contributed by atoms with van der Waals surface area (Å²) in [6, 6.07) is 0. The van der Waals surface area contributed by atoms with Gasteiger partial charge in [0.25, 0.3) is 0 Å². The van der Waals surface area contributed by atoms with Crippen molar-refractivity contribution in [2.24, 2.45) is 0 Å². The summed E-state index contributed by atoms with van der Waals surface area (Å²) in [7, 11) is 0. The predicted octanol–water partition coefficient (Wildman–Crippen LogP) is -7.39. The minimum atomic E-state index is -2.48. The van der Waals surface area contributed by atoms with Crippen LogP contribution >= 0.6 is 0 Å². The van der Waals surface area contributed by atoms with E-state index in [4.69, 9.17) is 29.2 Å². The molecule has 2 aliphatic heterocycles. The van der Waals surface area contributed by atoms with Gasteiger partial charge in [-0.3, -0.25) is 0 Å². The molecule has 0 aliphatic carbocycles. The van der Waals surface area contributed by atoms with Crippen LogP contribution in [0.1, 0.15) is 0 Å². The number of hydrogen-bond acceptors (Lipinski definition) is 14. The second kappa shape index (κ2) is 12.1. The van der Waals surface area contributed by atoms with Crippen molar-refractivity contribution in [3.05, 3.63) is 0 Å². The molecule has 17 heteroatoms. The molecule has 2 rings (SSSR count). The molecule has 33 heavy (non-hydrogen) atoms. The monoisotopic (exact) mass is 556 g/mol. The summed E-state index contributed by atoms with van der Waals surface area (Å²) in [4.78, 5) is 21.9. The molecule has 194 valence electrons. The van der Waals surface area contributed by atoms with E-state index in [1.807, 2.05) is 0 Å². The molecule has 2 fully saturated rings. The maximum absolute atomic E-state index is 11.1. The van der Waals surface area contributed by atoms with Crippen LogP contribution < -0.4 is 0 Å². The van der Waals surface area contributed by atoms with Gasteiger partial charge in [-0.05, 0) is 0 Å². The van der Waals surface area contributed by atoms with E-state index in [0.717, 1.165) is 0 Å². The van der Waals surface area contributed by atoms with Crippen LogP contribution in [0.15, 0.2) is 0 Å². The topological polar surface area (TPSA) is 273 Å². The molecule has 0 radical (unpaired) electrons.